The number of carboxylic acids is 1. The van der Waals surface area contributed by atoms with Crippen molar-refractivity contribution in [2.75, 3.05) is 0 Å². The highest BCUT2D eigenvalue weighted by molar-refractivity contribution is 5.81. The lowest BCUT2D eigenvalue weighted by Crippen LogP contribution is -2.34. The Hall–Kier alpha value is -1.06. The molecule has 1 N–H and O–H groups in total. The summed E-state index contributed by atoms with van der Waals surface area (Å²) in [5.41, 5.74) is -0.571. The van der Waals surface area contributed by atoms with Crippen molar-refractivity contribution >= 4 is 11.9 Å². The second-order valence-electron chi connectivity index (χ2n) is 5.76. The molecule has 0 aliphatic rings. The maximum Gasteiger partial charge on any atom is 0.310 e. The molecular formula is C14H26O4. The van der Waals surface area contributed by atoms with Gasteiger partial charge < -0.3 is 9.84 Å². The average Bonchev–Trinajstić information content (AvgIpc) is 2.20. The van der Waals surface area contributed by atoms with Gasteiger partial charge in [-0.05, 0) is 27.2 Å². The van der Waals surface area contributed by atoms with Crippen LogP contribution in [0.4, 0.5) is 0 Å². The van der Waals surface area contributed by atoms with Gasteiger partial charge in [0.25, 0.3) is 0 Å². The van der Waals surface area contributed by atoms with Crippen LogP contribution in [0, 0.1) is 11.8 Å². The number of unbranched alkanes of at least 4 members (excludes halogenated alkanes) is 2. The summed E-state index contributed by atoms with van der Waals surface area (Å²) in [7, 11) is 0. The van der Waals surface area contributed by atoms with Crippen LogP contribution in [0.5, 0.6) is 0 Å². The average molecular weight is 258 g/mol. The van der Waals surface area contributed by atoms with Crippen molar-refractivity contribution in [2.45, 2.75) is 65.9 Å². The Bertz CT molecular complexity index is 278. The highest BCUT2D eigenvalue weighted by Gasteiger charge is 2.33. The van der Waals surface area contributed by atoms with Gasteiger partial charge >= 0.3 is 11.9 Å². The largest absolute Gasteiger partial charge is 0.481 e. The molecule has 0 amide bonds. The van der Waals surface area contributed by atoms with Gasteiger partial charge in [-0.15, -0.1) is 0 Å². The minimum atomic E-state index is -0.942. The fourth-order valence-corrected chi connectivity index (χ4v) is 1.74. The Morgan fingerprint density at radius 2 is 1.78 bits per heavy atom. The number of hydrogen-bond donors (Lipinski definition) is 1. The molecule has 0 saturated heterocycles. The first kappa shape index (κ1) is 16.9. The Morgan fingerprint density at radius 3 is 2.17 bits per heavy atom. The van der Waals surface area contributed by atoms with Gasteiger partial charge in [-0.1, -0.05) is 33.1 Å². The first-order valence-electron chi connectivity index (χ1n) is 6.64. The summed E-state index contributed by atoms with van der Waals surface area (Å²) in [4.78, 5) is 23.0. The smallest absolute Gasteiger partial charge is 0.310 e. The van der Waals surface area contributed by atoms with E-state index in [9.17, 15) is 9.59 Å². The van der Waals surface area contributed by atoms with Crippen LogP contribution in [0.3, 0.4) is 0 Å². The predicted octanol–water partition coefficient (Wildman–Crippen LogP) is 3.25. The third-order valence-electron chi connectivity index (χ3n) is 2.82. The van der Waals surface area contributed by atoms with E-state index >= 15 is 0 Å². The lowest BCUT2D eigenvalue weighted by atomic mass is 9.89. The molecule has 0 rings (SSSR count). The molecular weight excluding hydrogens is 232 g/mol. The molecule has 4 nitrogen and oxygen atoms in total. The molecule has 0 spiro atoms. The van der Waals surface area contributed by atoms with Crippen LogP contribution in [0.1, 0.15) is 60.3 Å². The Kier molecular flexibility index (Phi) is 6.96. The number of carbonyl (C=O) groups excluding carboxylic acids is 1. The van der Waals surface area contributed by atoms with Gasteiger partial charge in [0, 0.05) is 0 Å². The van der Waals surface area contributed by atoms with Crippen LogP contribution in [-0.4, -0.2) is 22.6 Å². The molecule has 0 radical (unpaired) electrons. The normalized spacial score (nSPS) is 14.9. The van der Waals surface area contributed by atoms with Crippen LogP contribution in [0.25, 0.3) is 0 Å². The van der Waals surface area contributed by atoms with Gasteiger partial charge in [-0.25, -0.2) is 0 Å². The monoisotopic (exact) mass is 258 g/mol. The number of esters is 1. The van der Waals surface area contributed by atoms with Crippen LogP contribution in [0.15, 0.2) is 0 Å². The minimum Gasteiger partial charge on any atom is -0.481 e. The molecule has 0 aromatic carbocycles. The third kappa shape index (κ3) is 6.62. The van der Waals surface area contributed by atoms with Crippen molar-refractivity contribution in [3.63, 3.8) is 0 Å². The molecule has 18 heavy (non-hydrogen) atoms. The zero-order valence-corrected chi connectivity index (χ0v) is 12.2. The summed E-state index contributed by atoms with van der Waals surface area (Å²) < 4.78 is 5.30. The van der Waals surface area contributed by atoms with Gasteiger partial charge in [0.2, 0.25) is 0 Å². The van der Waals surface area contributed by atoms with E-state index in [1.54, 1.807) is 27.7 Å². The van der Waals surface area contributed by atoms with Crippen LogP contribution < -0.4 is 0 Å². The van der Waals surface area contributed by atoms with E-state index in [1.165, 1.54) is 0 Å². The second kappa shape index (κ2) is 7.39. The van der Waals surface area contributed by atoms with Crippen molar-refractivity contribution in [3.05, 3.63) is 0 Å². The van der Waals surface area contributed by atoms with E-state index in [0.29, 0.717) is 6.42 Å². The zero-order valence-electron chi connectivity index (χ0n) is 12.2. The third-order valence-corrected chi connectivity index (χ3v) is 2.82. The van der Waals surface area contributed by atoms with Gasteiger partial charge in [-0.2, -0.15) is 0 Å². The molecule has 0 aromatic heterocycles. The summed E-state index contributed by atoms with van der Waals surface area (Å²) in [5.74, 6) is -2.58. The van der Waals surface area contributed by atoms with Gasteiger partial charge in [0.15, 0.2) is 0 Å². The molecule has 4 heteroatoms. The van der Waals surface area contributed by atoms with E-state index in [1.807, 2.05) is 0 Å². The lowest BCUT2D eigenvalue weighted by Gasteiger charge is -2.25. The predicted molar refractivity (Wildman–Crippen MR) is 70.3 cm³/mol. The summed E-state index contributed by atoms with van der Waals surface area (Å²) in [5, 5.41) is 9.05. The van der Waals surface area contributed by atoms with Crippen molar-refractivity contribution in [3.8, 4) is 0 Å². The molecule has 0 bridgehead atoms. The number of aliphatic carboxylic acids is 1. The summed E-state index contributed by atoms with van der Waals surface area (Å²) in [6.07, 6.45) is 3.49. The van der Waals surface area contributed by atoms with E-state index in [4.69, 9.17) is 9.84 Å². The van der Waals surface area contributed by atoms with Crippen molar-refractivity contribution in [1.29, 1.82) is 0 Å². The van der Waals surface area contributed by atoms with Crippen molar-refractivity contribution in [1.82, 2.24) is 0 Å². The lowest BCUT2D eigenvalue weighted by molar-refractivity contribution is -0.166. The molecule has 2 atom stereocenters. The quantitative estimate of drug-likeness (QED) is 0.562. The summed E-state index contributed by atoms with van der Waals surface area (Å²) in [6, 6.07) is 0. The number of rotatable bonds is 7. The molecule has 0 aliphatic carbocycles. The van der Waals surface area contributed by atoms with E-state index in [-0.39, 0.29) is 0 Å². The maximum absolute atomic E-state index is 12.0. The van der Waals surface area contributed by atoms with Crippen LogP contribution >= 0.6 is 0 Å². The molecule has 106 valence electrons. The maximum atomic E-state index is 12.0. The van der Waals surface area contributed by atoms with Crippen LogP contribution in [0.2, 0.25) is 0 Å². The van der Waals surface area contributed by atoms with E-state index in [0.717, 1.165) is 19.3 Å². The molecule has 0 fully saturated rings. The van der Waals surface area contributed by atoms with Crippen molar-refractivity contribution in [2.24, 2.45) is 11.8 Å². The number of ether oxygens (including phenoxy) is 1. The topological polar surface area (TPSA) is 63.6 Å². The fourth-order valence-electron chi connectivity index (χ4n) is 1.74. The molecule has 2 unspecified atom stereocenters. The number of hydrogen-bond acceptors (Lipinski definition) is 3. The highest BCUT2D eigenvalue weighted by Crippen LogP contribution is 2.23. The van der Waals surface area contributed by atoms with Crippen molar-refractivity contribution < 1.29 is 19.4 Å². The second-order valence-corrected chi connectivity index (χ2v) is 5.76. The Morgan fingerprint density at radius 1 is 1.22 bits per heavy atom. The number of carboxylic acid groups (broad SMARTS) is 1. The first-order chi connectivity index (χ1) is 8.19. The SMILES string of the molecule is CCCCCC(C(=O)OC(C)(C)C)C(C)C(=O)O. The van der Waals surface area contributed by atoms with Gasteiger partial charge in [-0.3, -0.25) is 9.59 Å². The van der Waals surface area contributed by atoms with Gasteiger partial charge in [0.05, 0.1) is 11.8 Å². The molecule has 0 aliphatic heterocycles. The Labute approximate surface area is 110 Å². The Balaban J connectivity index is 4.64. The highest BCUT2D eigenvalue weighted by atomic mass is 16.6. The minimum absolute atomic E-state index is 0.395. The van der Waals surface area contributed by atoms with E-state index in [2.05, 4.69) is 6.92 Å². The molecule has 0 saturated carbocycles. The molecule has 0 aromatic rings. The van der Waals surface area contributed by atoms with E-state index < -0.39 is 29.4 Å². The van der Waals surface area contributed by atoms with Crippen LogP contribution in [-0.2, 0) is 14.3 Å². The number of carbonyl (C=O) groups is 2. The standard InChI is InChI=1S/C14H26O4/c1-6-7-8-9-11(10(2)12(15)16)13(17)18-14(3,4)5/h10-11H,6-9H2,1-5H3,(H,15,16). The fraction of sp³-hybridized carbons (Fsp3) is 0.857. The zero-order chi connectivity index (χ0) is 14.3. The summed E-state index contributed by atoms with van der Waals surface area (Å²) in [6.45, 7) is 9.02. The first-order valence-corrected chi connectivity index (χ1v) is 6.64. The molecule has 0 heterocycles. The van der Waals surface area contributed by atoms with Gasteiger partial charge in [0.1, 0.15) is 5.60 Å². The summed E-state index contributed by atoms with van der Waals surface area (Å²) >= 11 is 0.